The Hall–Kier alpha value is -3.91. The number of ketones is 2. The minimum Gasteiger partial charge on any atom is -0.506 e. The topological polar surface area (TPSA) is 119 Å². The average molecular weight is 629 g/mol. The van der Waals surface area contributed by atoms with Crippen molar-refractivity contribution >= 4 is 23.6 Å². The number of ether oxygens (including phenoxy) is 3. The maximum Gasteiger partial charge on any atom is 0.330 e. The van der Waals surface area contributed by atoms with Gasteiger partial charge in [0, 0.05) is 35.0 Å². The Morgan fingerprint density at radius 2 is 1.70 bits per heavy atom. The molecule has 8 heteroatoms. The van der Waals surface area contributed by atoms with Crippen molar-refractivity contribution < 1.29 is 38.8 Å². The number of rotatable bonds is 8. The minimum atomic E-state index is -1.63. The molecule has 0 radical (unpaired) electrons. The van der Waals surface area contributed by atoms with Gasteiger partial charge in [-0.25, -0.2) is 4.79 Å². The number of fused-ring (bicyclic) bond motifs is 2. The van der Waals surface area contributed by atoms with Gasteiger partial charge in [-0.2, -0.15) is 0 Å². The van der Waals surface area contributed by atoms with Crippen LogP contribution < -0.4 is 9.47 Å². The lowest BCUT2D eigenvalue weighted by molar-refractivity contribution is -0.171. The van der Waals surface area contributed by atoms with Gasteiger partial charge in [0.15, 0.2) is 22.8 Å². The number of phenols is 1. The first-order valence-corrected chi connectivity index (χ1v) is 16.2. The highest BCUT2D eigenvalue weighted by molar-refractivity contribution is 6.19. The van der Waals surface area contributed by atoms with Crippen LogP contribution in [0.3, 0.4) is 0 Å². The van der Waals surface area contributed by atoms with Crippen LogP contribution in [0.2, 0.25) is 0 Å². The van der Waals surface area contributed by atoms with Crippen LogP contribution in [0.1, 0.15) is 103 Å². The normalized spacial score (nSPS) is 31.2. The molecule has 1 aromatic carbocycles. The van der Waals surface area contributed by atoms with Crippen molar-refractivity contribution in [3.8, 4) is 17.2 Å². The first kappa shape index (κ1) is 32.0. The number of aromatic hydroxyl groups is 1. The van der Waals surface area contributed by atoms with E-state index in [2.05, 4.69) is 19.9 Å². The molecule has 0 amide bonds. The lowest BCUT2D eigenvalue weighted by atomic mass is 9.51. The number of hydrogen-bond donors (Lipinski definition) is 2. The van der Waals surface area contributed by atoms with Crippen LogP contribution in [-0.2, 0) is 20.7 Å². The predicted molar refractivity (Wildman–Crippen MR) is 174 cm³/mol. The summed E-state index contributed by atoms with van der Waals surface area (Å²) in [6.45, 7) is 15.4. The second kappa shape index (κ2) is 10.6. The zero-order chi connectivity index (χ0) is 33.6. The van der Waals surface area contributed by atoms with Gasteiger partial charge >= 0.3 is 5.97 Å². The molecule has 2 unspecified atom stereocenters. The second-order valence-corrected chi connectivity index (χ2v) is 14.8. The summed E-state index contributed by atoms with van der Waals surface area (Å²) >= 11 is 0. The number of hydrogen-bond acceptors (Lipinski definition) is 7. The van der Waals surface area contributed by atoms with Gasteiger partial charge in [-0.05, 0) is 93.2 Å². The molecule has 1 saturated carbocycles. The summed E-state index contributed by atoms with van der Waals surface area (Å²) in [4.78, 5) is 40.8. The molecular formula is C38H44O8. The molecule has 3 aliphatic carbocycles. The summed E-state index contributed by atoms with van der Waals surface area (Å²) in [7, 11) is 0. The van der Waals surface area contributed by atoms with Gasteiger partial charge in [0.25, 0.3) is 0 Å². The van der Waals surface area contributed by atoms with E-state index in [-0.39, 0.29) is 40.8 Å². The summed E-state index contributed by atoms with van der Waals surface area (Å²) in [6, 6.07) is 0. The van der Waals surface area contributed by atoms with E-state index in [0.29, 0.717) is 41.7 Å². The predicted octanol–water partition coefficient (Wildman–Crippen LogP) is 7.24. The first-order valence-electron chi connectivity index (χ1n) is 16.2. The third kappa shape index (κ3) is 4.47. The van der Waals surface area contributed by atoms with Gasteiger partial charge in [-0.15, -0.1) is 0 Å². The number of carboxylic acid groups (broad SMARTS) is 1. The van der Waals surface area contributed by atoms with Crippen LogP contribution in [0.4, 0.5) is 0 Å². The van der Waals surface area contributed by atoms with Gasteiger partial charge in [-0.1, -0.05) is 35.5 Å². The molecule has 2 fully saturated rings. The van der Waals surface area contributed by atoms with Crippen LogP contribution in [0.15, 0.2) is 52.7 Å². The van der Waals surface area contributed by atoms with E-state index in [9.17, 15) is 24.6 Å². The van der Waals surface area contributed by atoms with Crippen molar-refractivity contribution in [1.82, 2.24) is 0 Å². The highest BCUT2D eigenvalue weighted by Crippen LogP contribution is 2.68. The van der Waals surface area contributed by atoms with E-state index >= 15 is 0 Å². The molecular weight excluding hydrogens is 584 g/mol. The van der Waals surface area contributed by atoms with E-state index in [0.717, 1.165) is 12.0 Å². The largest absolute Gasteiger partial charge is 0.506 e. The van der Waals surface area contributed by atoms with E-state index < -0.39 is 40.1 Å². The van der Waals surface area contributed by atoms with Crippen molar-refractivity contribution in [2.24, 2.45) is 11.8 Å². The Morgan fingerprint density at radius 3 is 2.35 bits per heavy atom. The van der Waals surface area contributed by atoms with Crippen molar-refractivity contribution in [2.75, 3.05) is 0 Å². The fourth-order valence-corrected chi connectivity index (χ4v) is 8.17. The molecule has 244 valence electrons. The maximum atomic E-state index is 14.7. The highest BCUT2D eigenvalue weighted by Gasteiger charge is 2.81. The van der Waals surface area contributed by atoms with Crippen LogP contribution >= 0.6 is 0 Å². The molecule has 2 N–H and O–H groups in total. The molecule has 1 spiro atoms. The molecule has 6 aliphatic rings. The summed E-state index contributed by atoms with van der Waals surface area (Å²) in [5, 5.41) is 21.4. The fourth-order valence-electron chi connectivity index (χ4n) is 8.17. The van der Waals surface area contributed by atoms with E-state index in [1.807, 2.05) is 52.8 Å². The Balaban J connectivity index is 1.59. The van der Waals surface area contributed by atoms with Crippen LogP contribution in [0.5, 0.6) is 17.2 Å². The lowest BCUT2D eigenvalue weighted by Crippen LogP contribution is -2.72. The van der Waals surface area contributed by atoms with Gasteiger partial charge in [0.2, 0.25) is 0 Å². The molecule has 3 heterocycles. The molecule has 46 heavy (non-hydrogen) atoms. The number of carbonyl (C=O) groups excluding carboxylic acids is 2. The first-order chi connectivity index (χ1) is 21.5. The van der Waals surface area contributed by atoms with E-state index in [1.165, 1.54) is 18.6 Å². The Kier molecular flexibility index (Phi) is 7.36. The van der Waals surface area contributed by atoms with E-state index in [1.54, 1.807) is 6.08 Å². The molecule has 1 aromatic rings. The molecule has 8 nitrogen and oxygen atoms in total. The maximum absolute atomic E-state index is 14.7. The van der Waals surface area contributed by atoms with Crippen molar-refractivity contribution in [3.05, 3.63) is 69.4 Å². The van der Waals surface area contributed by atoms with Gasteiger partial charge in [0.05, 0.1) is 11.2 Å². The number of benzene rings is 1. The number of carbonyl (C=O) groups is 3. The number of Topliss-reactive ketones (excluding diaryl/α,β-unsaturated/α-hetero) is 2. The van der Waals surface area contributed by atoms with Crippen molar-refractivity contribution in [1.29, 1.82) is 0 Å². The van der Waals surface area contributed by atoms with E-state index in [4.69, 9.17) is 14.2 Å². The molecule has 0 aromatic heterocycles. The number of aliphatic carboxylic acids is 1. The Bertz CT molecular complexity index is 1730. The summed E-state index contributed by atoms with van der Waals surface area (Å²) < 4.78 is 20.6. The Morgan fingerprint density at radius 1 is 1.00 bits per heavy atom. The van der Waals surface area contributed by atoms with Crippen LogP contribution in [0, 0.1) is 11.8 Å². The highest BCUT2D eigenvalue weighted by atomic mass is 16.6. The van der Waals surface area contributed by atoms with Gasteiger partial charge < -0.3 is 24.4 Å². The number of carboxylic acids is 1. The minimum absolute atomic E-state index is 0.0544. The standard InChI is InChI=1S/C38H44O8/c1-20(2)10-9-15-36(8)16-14-24-29(39)28-30(40)26-18-23-19-27-35(6,7)46-37(33(23)41,17-13-22(5)34(42)43)38(26,27)45-32(28)25(31(24)44-36)12-11-21(3)4/h10-11,13-14,16,18,23,27,39H,9,12,15,17,19H2,1-8H3,(H,42,43)/b22-13+/t23?,27?,36-,37-,38+/m0/s1. The monoisotopic (exact) mass is 628 g/mol. The second-order valence-electron chi connectivity index (χ2n) is 14.8. The van der Waals surface area contributed by atoms with Crippen molar-refractivity contribution in [2.45, 2.75) is 110 Å². The number of phenolic OH excluding ortho intramolecular Hbond substituents is 1. The zero-order valence-electron chi connectivity index (χ0n) is 28.0. The van der Waals surface area contributed by atoms with Gasteiger partial charge in [0.1, 0.15) is 28.4 Å². The molecule has 5 atom stereocenters. The SMILES string of the molecule is CC(C)=CCC[C@@]1(C)C=Cc2c(O)c3c(c(CC=C(C)C)c2O1)O[C@]12C(=CC4CC1C(C)(C)O[C@@]2(C/C=C(\C)C(=O)O)C4=O)C3=O. The lowest BCUT2D eigenvalue weighted by Gasteiger charge is -2.56. The molecule has 7 rings (SSSR count). The molecule has 3 aliphatic heterocycles. The molecule has 1 saturated heterocycles. The summed E-state index contributed by atoms with van der Waals surface area (Å²) in [6.07, 6.45) is 13.4. The quantitative estimate of drug-likeness (QED) is 0.228. The third-order valence-corrected chi connectivity index (χ3v) is 10.5. The summed E-state index contributed by atoms with van der Waals surface area (Å²) in [5.41, 5.74) is -0.952. The third-order valence-electron chi connectivity index (χ3n) is 10.5. The van der Waals surface area contributed by atoms with Crippen LogP contribution in [-0.4, -0.2) is 50.2 Å². The van der Waals surface area contributed by atoms with Crippen LogP contribution in [0.25, 0.3) is 6.08 Å². The Labute approximate surface area is 270 Å². The van der Waals surface area contributed by atoms with Gasteiger partial charge in [-0.3, -0.25) is 9.59 Å². The van der Waals surface area contributed by atoms with Crippen molar-refractivity contribution in [3.63, 3.8) is 0 Å². The fraction of sp³-hybridized carbons (Fsp3) is 0.500. The number of allylic oxidation sites excluding steroid dienone is 5. The smallest absolute Gasteiger partial charge is 0.330 e. The summed E-state index contributed by atoms with van der Waals surface area (Å²) in [5.74, 6) is -2.28. The average Bonchev–Trinajstić information content (AvgIpc) is 3.12. The zero-order valence-corrected chi connectivity index (χ0v) is 28.0. The molecule has 4 bridgehead atoms.